The first-order valence-corrected chi connectivity index (χ1v) is 6.13. The number of nitrogens with one attached hydrogen (secondary N) is 1. The van der Waals surface area contributed by atoms with Gasteiger partial charge < -0.3 is 5.32 Å². The summed E-state index contributed by atoms with van der Waals surface area (Å²) >= 11 is 0. The Morgan fingerprint density at radius 3 is 2.71 bits per heavy atom. The predicted molar refractivity (Wildman–Crippen MR) is 70.8 cm³/mol. The van der Waals surface area contributed by atoms with Crippen molar-refractivity contribution in [1.29, 1.82) is 0 Å². The maximum Gasteiger partial charge on any atom is 0.0867 e. The van der Waals surface area contributed by atoms with E-state index in [1.807, 2.05) is 13.2 Å². The predicted octanol–water partition coefficient (Wildman–Crippen LogP) is 2.08. The first-order valence-electron chi connectivity index (χ1n) is 6.13. The van der Waals surface area contributed by atoms with Crippen molar-refractivity contribution in [1.82, 2.24) is 20.3 Å². The lowest BCUT2D eigenvalue weighted by atomic mass is 10.1. The van der Waals surface area contributed by atoms with Crippen molar-refractivity contribution in [2.24, 2.45) is 7.05 Å². The molecule has 0 saturated heterocycles. The molecule has 0 fully saturated rings. The molecule has 0 atom stereocenters. The molecule has 17 heavy (non-hydrogen) atoms. The minimum Gasteiger partial charge on any atom is -0.312 e. The average molecular weight is 236 g/mol. The van der Waals surface area contributed by atoms with Gasteiger partial charge in [-0.1, -0.05) is 16.9 Å². The lowest BCUT2D eigenvalue weighted by Gasteiger charge is -2.19. The highest BCUT2D eigenvalue weighted by Gasteiger charge is 2.06. The van der Waals surface area contributed by atoms with Crippen molar-refractivity contribution in [3.8, 4) is 0 Å². The van der Waals surface area contributed by atoms with Crippen molar-refractivity contribution in [3.63, 3.8) is 0 Å². The number of rotatable bonds is 5. The molecule has 1 aromatic heterocycles. The summed E-state index contributed by atoms with van der Waals surface area (Å²) < 4.78 is 1.74. The maximum absolute atomic E-state index is 4.08. The molecular formula is C13H24N4. The zero-order chi connectivity index (χ0) is 12.9. The summed E-state index contributed by atoms with van der Waals surface area (Å²) in [6.45, 7) is 9.71. The quantitative estimate of drug-likeness (QED) is 0.629. The van der Waals surface area contributed by atoms with E-state index < -0.39 is 0 Å². The number of hydrogen-bond donors (Lipinski definition) is 1. The summed E-state index contributed by atoms with van der Waals surface area (Å²) in [6.07, 6.45) is 6.19. The van der Waals surface area contributed by atoms with Gasteiger partial charge in [-0.3, -0.25) is 4.68 Å². The van der Waals surface area contributed by atoms with E-state index in [0.717, 1.165) is 25.1 Å². The second-order valence-electron chi connectivity index (χ2n) is 5.58. The molecule has 0 aliphatic heterocycles. The second-order valence-corrected chi connectivity index (χ2v) is 5.58. The molecule has 1 aromatic rings. The van der Waals surface area contributed by atoms with Crippen LogP contribution in [0.1, 0.15) is 39.8 Å². The molecule has 0 radical (unpaired) electrons. The minimum absolute atomic E-state index is 0.201. The van der Waals surface area contributed by atoms with Gasteiger partial charge in [0.1, 0.15) is 0 Å². The Hall–Kier alpha value is -1.16. The first-order chi connectivity index (χ1) is 7.87. The van der Waals surface area contributed by atoms with Crippen LogP contribution in [0.3, 0.4) is 0 Å². The number of aryl methyl sites for hydroxylation is 1. The molecule has 0 bridgehead atoms. The van der Waals surface area contributed by atoms with Crippen molar-refractivity contribution in [3.05, 3.63) is 23.5 Å². The van der Waals surface area contributed by atoms with E-state index in [2.05, 4.69) is 49.4 Å². The monoisotopic (exact) mass is 236 g/mol. The van der Waals surface area contributed by atoms with Crippen LogP contribution in [-0.4, -0.2) is 27.1 Å². The van der Waals surface area contributed by atoms with Crippen LogP contribution in [0.25, 0.3) is 0 Å². The van der Waals surface area contributed by atoms with Crippen LogP contribution in [-0.2, 0) is 13.5 Å². The number of nitrogens with zero attached hydrogens (tertiary/aromatic N) is 3. The van der Waals surface area contributed by atoms with E-state index in [1.54, 1.807) is 4.68 Å². The zero-order valence-electron chi connectivity index (χ0n) is 11.6. The van der Waals surface area contributed by atoms with E-state index in [1.165, 1.54) is 5.57 Å². The Morgan fingerprint density at radius 1 is 1.47 bits per heavy atom. The van der Waals surface area contributed by atoms with Crippen molar-refractivity contribution in [2.45, 2.75) is 46.1 Å². The number of aromatic nitrogens is 3. The normalized spacial score (nSPS) is 13.1. The third-order valence-corrected chi connectivity index (χ3v) is 2.40. The van der Waals surface area contributed by atoms with Gasteiger partial charge in [-0.2, -0.15) is 0 Å². The maximum atomic E-state index is 4.08. The molecule has 0 amide bonds. The Morgan fingerprint density at radius 2 is 2.18 bits per heavy atom. The molecular weight excluding hydrogens is 212 g/mol. The van der Waals surface area contributed by atoms with Crippen LogP contribution >= 0.6 is 0 Å². The molecule has 4 heteroatoms. The lowest BCUT2D eigenvalue weighted by molar-refractivity contribution is 0.431. The number of allylic oxidation sites excluding steroid dienone is 1. The topological polar surface area (TPSA) is 42.7 Å². The van der Waals surface area contributed by atoms with Gasteiger partial charge in [-0.25, -0.2) is 0 Å². The molecule has 0 aliphatic carbocycles. The van der Waals surface area contributed by atoms with Crippen LogP contribution in [0, 0.1) is 0 Å². The summed E-state index contributed by atoms with van der Waals surface area (Å²) in [7, 11) is 1.89. The van der Waals surface area contributed by atoms with Gasteiger partial charge in [0.15, 0.2) is 0 Å². The second kappa shape index (κ2) is 5.96. The summed E-state index contributed by atoms with van der Waals surface area (Å²) in [6, 6.07) is 0. The number of hydrogen-bond acceptors (Lipinski definition) is 3. The van der Waals surface area contributed by atoms with Gasteiger partial charge in [-0.05, 0) is 40.7 Å². The smallest absolute Gasteiger partial charge is 0.0867 e. The third kappa shape index (κ3) is 6.22. The van der Waals surface area contributed by atoms with Gasteiger partial charge in [-0.15, -0.1) is 5.10 Å². The molecule has 0 aliphatic rings. The molecule has 0 saturated carbocycles. The molecule has 0 unspecified atom stereocenters. The summed E-state index contributed by atoms with van der Waals surface area (Å²) in [5.41, 5.74) is 2.58. The minimum atomic E-state index is 0.201. The van der Waals surface area contributed by atoms with Crippen LogP contribution in [0.15, 0.2) is 17.8 Å². The Bertz CT molecular complexity index is 371. The molecule has 1 heterocycles. The fraction of sp³-hybridized carbons (Fsp3) is 0.692. The van der Waals surface area contributed by atoms with Crippen molar-refractivity contribution < 1.29 is 0 Å². The lowest BCUT2D eigenvalue weighted by Crippen LogP contribution is -2.36. The molecule has 96 valence electrons. The Kier molecular flexibility index (Phi) is 4.87. The zero-order valence-corrected chi connectivity index (χ0v) is 11.6. The van der Waals surface area contributed by atoms with Crippen LogP contribution in [0.2, 0.25) is 0 Å². The van der Waals surface area contributed by atoms with Gasteiger partial charge in [0.05, 0.1) is 5.69 Å². The Balaban J connectivity index is 2.30. The van der Waals surface area contributed by atoms with Crippen molar-refractivity contribution >= 4 is 0 Å². The molecule has 1 rings (SSSR count). The molecule has 0 aromatic carbocycles. The highest BCUT2D eigenvalue weighted by molar-refractivity contribution is 5.09. The summed E-state index contributed by atoms with van der Waals surface area (Å²) in [4.78, 5) is 0. The van der Waals surface area contributed by atoms with E-state index in [4.69, 9.17) is 0 Å². The van der Waals surface area contributed by atoms with Gasteiger partial charge in [0, 0.05) is 25.2 Å². The van der Waals surface area contributed by atoms with E-state index in [-0.39, 0.29) is 5.54 Å². The largest absolute Gasteiger partial charge is 0.312 e. The highest BCUT2D eigenvalue weighted by atomic mass is 15.4. The van der Waals surface area contributed by atoms with Crippen molar-refractivity contribution in [2.75, 3.05) is 6.54 Å². The van der Waals surface area contributed by atoms with E-state index in [0.29, 0.717) is 0 Å². The first kappa shape index (κ1) is 13.9. The van der Waals surface area contributed by atoms with Gasteiger partial charge in [0.25, 0.3) is 0 Å². The summed E-state index contributed by atoms with van der Waals surface area (Å²) in [5.74, 6) is 0. The average Bonchev–Trinajstić information content (AvgIpc) is 2.57. The van der Waals surface area contributed by atoms with E-state index in [9.17, 15) is 0 Å². The van der Waals surface area contributed by atoms with Crippen LogP contribution < -0.4 is 5.32 Å². The Labute approximate surface area is 104 Å². The van der Waals surface area contributed by atoms with Gasteiger partial charge in [0.2, 0.25) is 0 Å². The molecule has 0 spiro atoms. The highest BCUT2D eigenvalue weighted by Crippen LogP contribution is 2.05. The van der Waals surface area contributed by atoms with Crippen LogP contribution in [0.4, 0.5) is 0 Å². The fourth-order valence-electron chi connectivity index (χ4n) is 1.60. The van der Waals surface area contributed by atoms with E-state index >= 15 is 0 Å². The molecule has 1 N–H and O–H groups in total. The third-order valence-electron chi connectivity index (χ3n) is 2.40. The summed E-state index contributed by atoms with van der Waals surface area (Å²) in [5, 5.41) is 11.5. The van der Waals surface area contributed by atoms with Gasteiger partial charge >= 0.3 is 0 Å². The standard InChI is InChI=1S/C13H24N4/c1-11(7-6-8-14-13(2,3)4)9-12-10-17(5)16-15-12/h7,10,14H,6,8-9H2,1-5H3. The SMILES string of the molecule is CC(=CCCNC(C)(C)C)Cc1cn(C)nn1. The van der Waals surface area contributed by atoms with Crippen LogP contribution in [0.5, 0.6) is 0 Å². The fourth-order valence-corrected chi connectivity index (χ4v) is 1.60. The molecule has 4 nitrogen and oxygen atoms in total.